The number of esters is 1. The van der Waals surface area contributed by atoms with Gasteiger partial charge in [-0.15, -0.1) is 0 Å². The Morgan fingerprint density at radius 1 is 1.12 bits per heavy atom. The first-order chi connectivity index (χ1) is 8.18. The van der Waals surface area contributed by atoms with Crippen molar-refractivity contribution in [2.24, 2.45) is 0 Å². The number of fused-ring (bicyclic) bond motifs is 1. The first-order valence-electron chi connectivity index (χ1n) is 5.19. The molecule has 0 unspecified atom stereocenters. The minimum Gasteiger partial charge on any atom is -0.457 e. The van der Waals surface area contributed by atoms with Crippen molar-refractivity contribution < 1.29 is 19.7 Å². The molecular weight excluding hydrogens is 220 g/mol. The predicted molar refractivity (Wildman–Crippen MR) is 62.5 cm³/mol. The minimum atomic E-state index is -1.64. The molecule has 0 aliphatic rings. The molecular formula is C13H12O4. The monoisotopic (exact) mass is 232 g/mol. The van der Waals surface area contributed by atoms with Crippen LogP contribution in [-0.2, 0) is 4.74 Å². The van der Waals surface area contributed by atoms with Crippen molar-refractivity contribution in [2.45, 2.75) is 6.29 Å². The molecule has 0 saturated heterocycles. The molecule has 2 aromatic rings. The minimum absolute atomic E-state index is 0.420. The summed E-state index contributed by atoms with van der Waals surface area (Å²) in [6.45, 7) is -0.429. The molecule has 0 fully saturated rings. The summed E-state index contributed by atoms with van der Waals surface area (Å²) in [5.41, 5.74) is 0.420. The normalized spacial score (nSPS) is 10.8. The van der Waals surface area contributed by atoms with Crippen molar-refractivity contribution in [1.29, 1.82) is 0 Å². The SMILES string of the molecule is O=C(OCC(O)O)c1cccc2ccccc12. The van der Waals surface area contributed by atoms with Crippen molar-refractivity contribution in [3.63, 3.8) is 0 Å². The Labute approximate surface area is 98.1 Å². The zero-order valence-corrected chi connectivity index (χ0v) is 9.04. The van der Waals surface area contributed by atoms with E-state index in [9.17, 15) is 4.79 Å². The van der Waals surface area contributed by atoms with Crippen LogP contribution in [0.3, 0.4) is 0 Å². The van der Waals surface area contributed by atoms with Crippen LogP contribution in [0.25, 0.3) is 10.8 Å². The summed E-state index contributed by atoms with van der Waals surface area (Å²) in [5.74, 6) is -0.560. The second-order valence-corrected chi connectivity index (χ2v) is 3.61. The molecule has 0 aliphatic heterocycles. The van der Waals surface area contributed by atoms with E-state index in [0.717, 1.165) is 10.8 Å². The highest BCUT2D eigenvalue weighted by molar-refractivity contribution is 6.04. The van der Waals surface area contributed by atoms with Crippen molar-refractivity contribution in [3.05, 3.63) is 48.0 Å². The van der Waals surface area contributed by atoms with Crippen molar-refractivity contribution in [2.75, 3.05) is 6.61 Å². The van der Waals surface area contributed by atoms with Gasteiger partial charge < -0.3 is 14.9 Å². The summed E-state index contributed by atoms with van der Waals surface area (Å²) in [4.78, 5) is 11.7. The van der Waals surface area contributed by atoms with E-state index in [0.29, 0.717) is 5.56 Å². The molecule has 88 valence electrons. The van der Waals surface area contributed by atoms with Gasteiger partial charge in [-0.2, -0.15) is 0 Å². The van der Waals surface area contributed by atoms with Crippen LogP contribution in [0.1, 0.15) is 10.4 Å². The lowest BCUT2D eigenvalue weighted by Gasteiger charge is -2.08. The molecule has 2 aromatic carbocycles. The van der Waals surface area contributed by atoms with Crippen LogP contribution < -0.4 is 0 Å². The van der Waals surface area contributed by atoms with E-state index < -0.39 is 18.9 Å². The smallest absolute Gasteiger partial charge is 0.338 e. The third-order valence-corrected chi connectivity index (χ3v) is 2.37. The third-order valence-electron chi connectivity index (χ3n) is 2.37. The Morgan fingerprint density at radius 3 is 2.59 bits per heavy atom. The number of carbonyl (C=O) groups excluding carboxylic acids is 1. The fourth-order valence-electron chi connectivity index (χ4n) is 1.63. The summed E-state index contributed by atoms with van der Waals surface area (Å²) in [7, 11) is 0. The third kappa shape index (κ3) is 2.61. The average Bonchev–Trinajstić information content (AvgIpc) is 2.35. The second kappa shape index (κ2) is 4.95. The maximum Gasteiger partial charge on any atom is 0.338 e. The second-order valence-electron chi connectivity index (χ2n) is 3.61. The van der Waals surface area contributed by atoms with Crippen molar-refractivity contribution >= 4 is 16.7 Å². The number of benzene rings is 2. The Bertz CT molecular complexity index is 528. The van der Waals surface area contributed by atoms with Gasteiger partial charge in [-0.25, -0.2) is 4.79 Å². The van der Waals surface area contributed by atoms with E-state index in [4.69, 9.17) is 14.9 Å². The molecule has 0 radical (unpaired) electrons. The van der Waals surface area contributed by atoms with Gasteiger partial charge in [-0.3, -0.25) is 0 Å². The van der Waals surface area contributed by atoms with Gasteiger partial charge in [0.25, 0.3) is 0 Å². The van der Waals surface area contributed by atoms with Crippen LogP contribution in [0.4, 0.5) is 0 Å². The van der Waals surface area contributed by atoms with Crippen LogP contribution >= 0.6 is 0 Å². The standard InChI is InChI=1S/C13H12O4/c14-12(15)8-17-13(16)11-7-3-5-9-4-1-2-6-10(9)11/h1-7,12,14-15H,8H2. The van der Waals surface area contributed by atoms with Crippen molar-refractivity contribution in [1.82, 2.24) is 0 Å². The molecule has 0 amide bonds. The maximum atomic E-state index is 11.7. The molecule has 0 aromatic heterocycles. The first-order valence-corrected chi connectivity index (χ1v) is 5.19. The highest BCUT2D eigenvalue weighted by atomic mass is 16.6. The topological polar surface area (TPSA) is 66.8 Å². The first kappa shape index (κ1) is 11.6. The highest BCUT2D eigenvalue weighted by Gasteiger charge is 2.12. The molecule has 4 nitrogen and oxygen atoms in total. The molecule has 0 saturated carbocycles. The van der Waals surface area contributed by atoms with Crippen LogP contribution in [0.2, 0.25) is 0 Å². The fraction of sp³-hybridized carbons (Fsp3) is 0.154. The van der Waals surface area contributed by atoms with Crippen LogP contribution in [0.5, 0.6) is 0 Å². The Balaban J connectivity index is 2.32. The number of ether oxygens (including phenoxy) is 1. The van der Waals surface area contributed by atoms with Crippen molar-refractivity contribution in [3.8, 4) is 0 Å². The Morgan fingerprint density at radius 2 is 1.82 bits per heavy atom. The fourth-order valence-corrected chi connectivity index (χ4v) is 1.63. The molecule has 2 rings (SSSR count). The van der Waals surface area contributed by atoms with E-state index in [-0.39, 0.29) is 0 Å². The maximum absolute atomic E-state index is 11.7. The molecule has 0 heterocycles. The molecule has 17 heavy (non-hydrogen) atoms. The van der Waals surface area contributed by atoms with E-state index in [1.54, 1.807) is 12.1 Å². The van der Waals surface area contributed by atoms with Crippen LogP contribution in [-0.4, -0.2) is 29.1 Å². The predicted octanol–water partition coefficient (Wildman–Crippen LogP) is 1.31. The van der Waals surface area contributed by atoms with Gasteiger partial charge in [0.1, 0.15) is 6.61 Å². The van der Waals surface area contributed by atoms with E-state index >= 15 is 0 Å². The van der Waals surface area contributed by atoms with E-state index in [2.05, 4.69) is 0 Å². The summed E-state index contributed by atoms with van der Waals surface area (Å²) in [5, 5.41) is 19.0. The number of aliphatic hydroxyl groups excluding tert-OH is 1. The lowest BCUT2D eigenvalue weighted by molar-refractivity contribution is -0.0812. The lowest BCUT2D eigenvalue weighted by Crippen LogP contribution is -2.17. The van der Waals surface area contributed by atoms with Crippen LogP contribution in [0, 0.1) is 0 Å². The van der Waals surface area contributed by atoms with Gasteiger partial charge >= 0.3 is 5.97 Å². The average molecular weight is 232 g/mol. The molecule has 0 aliphatic carbocycles. The molecule has 0 atom stereocenters. The summed E-state index contributed by atoms with van der Waals surface area (Å²) >= 11 is 0. The van der Waals surface area contributed by atoms with E-state index in [1.165, 1.54) is 0 Å². The Hall–Kier alpha value is -1.91. The molecule has 4 heteroatoms. The highest BCUT2D eigenvalue weighted by Crippen LogP contribution is 2.19. The molecule has 0 bridgehead atoms. The van der Waals surface area contributed by atoms with Gasteiger partial charge in [-0.1, -0.05) is 36.4 Å². The lowest BCUT2D eigenvalue weighted by atomic mass is 10.1. The largest absolute Gasteiger partial charge is 0.457 e. The van der Waals surface area contributed by atoms with E-state index in [1.807, 2.05) is 30.3 Å². The van der Waals surface area contributed by atoms with Gasteiger partial charge in [0.05, 0.1) is 5.56 Å². The molecule has 2 N–H and O–H groups in total. The van der Waals surface area contributed by atoms with Gasteiger partial charge in [0.2, 0.25) is 0 Å². The van der Waals surface area contributed by atoms with Gasteiger partial charge in [0, 0.05) is 0 Å². The number of carbonyl (C=O) groups is 1. The Kier molecular flexibility index (Phi) is 3.37. The summed E-state index contributed by atoms with van der Waals surface area (Å²) in [6.07, 6.45) is -1.64. The zero-order valence-electron chi connectivity index (χ0n) is 9.04. The van der Waals surface area contributed by atoms with Gasteiger partial charge in [-0.05, 0) is 16.8 Å². The number of hydrogen-bond acceptors (Lipinski definition) is 4. The number of aliphatic hydroxyl groups is 2. The number of hydrogen-bond donors (Lipinski definition) is 2. The van der Waals surface area contributed by atoms with Gasteiger partial charge in [0.15, 0.2) is 6.29 Å². The number of rotatable bonds is 3. The van der Waals surface area contributed by atoms with Crippen LogP contribution in [0.15, 0.2) is 42.5 Å². The quantitative estimate of drug-likeness (QED) is 0.618. The summed E-state index contributed by atoms with van der Waals surface area (Å²) < 4.78 is 4.76. The molecule has 0 spiro atoms. The zero-order chi connectivity index (χ0) is 12.3. The summed E-state index contributed by atoms with van der Waals surface area (Å²) in [6, 6.07) is 12.7.